The molecule has 0 aromatic heterocycles. The van der Waals surface area contributed by atoms with Crippen molar-refractivity contribution in [2.75, 3.05) is 16.5 Å². The molecule has 140 valence electrons. The number of rotatable bonds is 4. The van der Waals surface area contributed by atoms with Crippen molar-refractivity contribution < 1.29 is 9.59 Å². The van der Waals surface area contributed by atoms with Crippen LogP contribution in [0.2, 0.25) is 0 Å². The van der Waals surface area contributed by atoms with Gasteiger partial charge in [-0.05, 0) is 30.5 Å². The van der Waals surface area contributed by atoms with E-state index in [0.717, 1.165) is 16.5 Å². The molecule has 3 aromatic carbocycles. The van der Waals surface area contributed by atoms with E-state index in [9.17, 15) is 9.59 Å². The Hall–Kier alpha value is -3.47. The third-order valence-corrected chi connectivity index (χ3v) is 4.90. The third-order valence-electron chi connectivity index (χ3n) is 4.90. The fourth-order valence-electron chi connectivity index (χ4n) is 3.50. The van der Waals surface area contributed by atoms with Gasteiger partial charge in [0.25, 0.3) is 5.91 Å². The number of hydrogen-bond donors (Lipinski definition) is 0. The minimum Gasteiger partial charge on any atom is -0.307 e. The van der Waals surface area contributed by atoms with Crippen LogP contribution in [0.3, 0.4) is 0 Å². The fourth-order valence-corrected chi connectivity index (χ4v) is 3.50. The Morgan fingerprint density at radius 3 is 2.46 bits per heavy atom. The highest BCUT2D eigenvalue weighted by atomic mass is 16.2. The Bertz CT molecular complexity index is 1050. The summed E-state index contributed by atoms with van der Waals surface area (Å²) in [5.74, 6) is -0.261. The highest BCUT2D eigenvalue weighted by Crippen LogP contribution is 2.28. The van der Waals surface area contributed by atoms with Crippen LogP contribution in [0.25, 0.3) is 10.8 Å². The lowest BCUT2D eigenvalue weighted by atomic mass is 10.1. The zero-order valence-electron chi connectivity index (χ0n) is 15.7. The molecule has 0 unspecified atom stereocenters. The van der Waals surface area contributed by atoms with Crippen molar-refractivity contribution in [3.05, 3.63) is 72.8 Å². The van der Waals surface area contributed by atoms with Gasteiger partial charge in [-0.1, -0.05) is 54.6 Å². The number of hydrazone groups is 1. The van der Waals surface area contributed by atoms with Crippen molar-refractivity contribution in [2.45, 2.75) is 19.8 Å². The van der Waals surface area contributed by atoms with Crippen LogP contribution in [0.5, 0.6) is 0 Å². The highest BCUT2D eigenvalue weighted by Gasteiger charge is 2.29. The zero-order valence-corrected chi connectivity index (χ0v) is 15.7. The molecule has 3 aromatic rings. The molecule has 0 N–H and O–H groups in total. The highest BCUT2D eigenvalue weighted by molar-refractivity contribution is 6.45. The Morgan fingerprint density at radius 1 is 0.964 bits per heavy atom. The molecule has 0 spiro atoms. The molecule has 0 fully saturated rings. The molecule has 28 heavy (non-hydrogen) atoms. The zero-order chi connectivity index (χ0) is 19.5. The number of carbonyl (C=O) groups is 2. The maximum Gasteiger partial charge on any atom is 0.274 e. The van der Waals surface area contributed by atoms with Crippen LogP contribution in [0, 0.1) is 0 Å². The number of benzene rings is 3. The fraction of sp³-hybridized carbons (Fsp3) is 0.174. The molecular formula is C23H21N3O2. The summed E-state index contributed by atoms with van der Waals surface area (Å²) in [6.07, 6.45) is 0.620. The van der Waals surface area contributed by atoms with Crippen molar-refractivity contribution in [3.8, 4) is 0 Å². The first-order valence-corrected chi connectivity index (χ1v) is 9.44. The van der Waals surface area contributed by atoms with Crippen molar-refractivity contribution in [3.63, 3.8) is 0 Å². The van der Waals surface area contributed by atoms with Crippen molar-refractivity contribution in [1.29, 1.82) is 0 Å². The quantitative estimate of drug-likeness (QED) is 0.684. The summed E-state index contributed by atoms with van der Waals surface area (Å²) in [5.41, 5.74) is 1.93. The van der Waals surface area contributed by atoms with Crippen LogP contribution < -0.4 is 9.91 Å². The topological polar surface area (TPSA) is 53.0 Å². The first-order valence-electron chi connectivity index (χ1n) is 9.44. The van der Waals surface area contributed by atoms with Gasteiger partial charge in [-0.15, -0.1) is 0 Å². The van der Waals surface area contributed by atoms with Crippen molar-refractivity contribution in [2.24, 2.45) is 5.10 Å². The molecule has 5 nitrogen and oxygen atoms in total. The number of nitrogens with zero attached hydrogens (tertiary/aromatic N) is 3. The van der Waals surface area contributed by atoms with E-state index in [2.05, 4.69) is 5.10 Å². The third kappa shape index (κ3) is 3.27. The number of anilines is 2. The van der Waals surface area contributed by atoms with Crippen LogP contribution in [-0.2, 0) is 9.59 Å². The average Bonchev–Trinajstić information content (AvgIpc) is 2.75. The van der Waals surface area contributed by atoms with E-state index in [0.29, 0.717) is 24.4 Å². The summed E-state index contributed by atoms with van der Waals surface area (Å²) >= 11 is 0. The van der Waals surface area contributed by atoms with Gasteiger partial charge in [-0.3, -0.25) is 9.59 Å². The standard InChI is InChI=1S/C23H21N3O2/c1-2-25(21-14-8-10-17-9-6-7-13-19(17)21)23(28)20-15-16-22(27)26(24-20)18-11-4-3-5-12-18/h3-14H,2,15-16H2,1H3. The normalized spacial score (nSPS) is 14.1. The van der Waals surface area contributed by atoms with Gasteiger partial charge in [0.15, 0.2) is 0 Å². The molecule has 4 rings (SSSR count). The number of para-hydroxylation sites is 1. The maximum absolute atomic E-state index is 13.3. The first kappa shape index (κ1) is 17.9. The number of hydrogen-bond acceptors (Lipinski definition) is 3. The number of amides is 2. The summed E-state index contributed by atoms with van der Waals surface area (Å²) in [6.45, 7) is 2.47. The van der Waals surface area contributed by atoms with E-state index in [-0.39, 0.29) is 18.2 Å². The molecule has 0 aliphatic carbocycles. The molecule has 0 saturated heterocycles. The van der Waals surface area contributed by atoms with Gasteiger partial charge in [0, 0.05) is 24.8 Å². The van der Waals surface area contributed by atoms with Crippen molar-refractivity contribution >= 4 is 39.7 Å². The summed E-state index contributed by atoms with van der Waals surface area (Å²) in [5, 5.41) is 7.86. The van der Waals surface area contributed by atoms with Gasteiger partial charge in [0.05, 0.1) is 11.4 Å². The molecule has 0 saturated carbocycles. The van der Waals surface area contributed by atoms with Gasteiger partial charge in [0.1, 0.15) is 5.71 Å². The molecule has 2 amide bonds. The first-order chi connectivity index (χ1) is 13.7. The second-order valence-corrected chi connectivity index (χ2v) is 6.64. The lowest BCUT2D eigenvalue weighted by Crippen LogP contribution is -2.41. The number of fused-ring (bicyclic) bond motifs is 1. The van der Waals surface area contributed by atoms with E-state index < -0.39 is 0 Å². The van der Waals surface area contributed by atoms with E-state index in [4.69, 9.17) is 0 Å². The summed E-state index contributed by atoms with van der Waals surface area (Å²) < 4.78 is 0. The van der Waals surface area contributed by atoms with E-state index in [1.54, 1.807) is 4.90 Å². The second-order valence-electron chi connectivity index (χ2n) is 6.64. The molecule has 1 aliphatic rings. The molecule has 0 radical (unpaired) electrons. The Kier molecular flexibility index (Phi) is 4.89. The van der Waals surface area contributed by atoms with Gasteiger partial charge in [-0.25, -0.2) is 5.01 Å². The lowest BCUT2D eigenvalue weighted by Gasteiger charge is -2.27. The SMILES string of the molecule is CCN(C(=O)C1=NN(c2ccccc2)C(=O)CC1)c1cccc2ccccc12. The Morgan fingerprint density at radius 2 is 1.68 bits per heavy atom. The van der Waals surface area contributed by atoms with Crippen LogP contribution in [0.1, 0.15) is 19.8 Å². The molecular weight excluding hydrogens is 350 g/mol. The average molecular weight is 371 g/mol. The molecule has 1 heterocycles. The Balaban J connectivity index is 1.71. The Labute approximate surface area is 163 Å². The number of carbonyl (C=O) groups excluding carboxylic acids is 2. The lowest BCUT2D eigenvalue weighted by molar-refractivity contribution is -0.118. The minimum absolute atomic E-state index is 0.101. The maximum atomic E-state index is 13.3. The predicted octanol–water partition coefficient (Wildman–Crippen LogP) is 4.38. The largest absolute Gasteiger partial charge is 0.307 e. The summed E-state index contributed by atoms with van der Waals surface area (Å²) in [7, 11) is 0. The van der Waals surface area contributed by atoms with Gasteiger partial charge in [-0.2, -0.15) is 5.10 Å². The van der Waals surface area contributed by atoms with Gasteiger partial charge in [0.2, 0.25) is 5.91 Å². The van der Waals surface area contributed by atoms with E-state index >= 15 is 0 Å². The van der Waals surface area contributed by atoms with Gasteiger partial charge >= 0.3 is 0 Å². The second kappa shape index (κ2) is 7.64. The van der Waals surface area contributed by atoms with Gasteiger partial charge < -0.3 is 4.90 Å². The van der Waals surface area contributed by atoms with Crippen LogP contribution >= 0.6 is 0 Å². The summed E-state index contributed by atoms with van der Waals surface area (Å²) in [4.78, 5) is 27.4. The van der Waals surface area contributed by atoms with Crippen LogP contribution in [0.15, 0.2) is 77.9 Å². The molecule has 0 atom stereocenters. The minimum atomic E-state index is -0.160. The monoisotopic (exact) mass is 371 g/mol. The molecule has 5 heteroatoms. The summed E-state index contributed by atoms with van der Waals surface area (Å²) in [6, 6.07) is 23.2. The molecule has 1 aliphatic heterocycles. The van der Waals surface area contributed by atoms with E-state index in [1.165, 1.54) is 5.01 Å². The predicted molar refractivity (Wildman–Crippen MR) is 113 cm³/mol. The smallest absolute Gasteiger partial charge is 0.274 e. The van der Waals surface area contributed by atoms with E-state index in [1.807, 2.05) is 79.7 Å². The molecule has 0 bridgehead atoms. The van der Waals surface area contributed by atoms with Crippen LogP contribution in [-0.4, -0.2) is 24.1 Å². The van der Waals surface area contributed by atoms with Crippen molar-refractivity contribution in [1.82, 2.24) is 0 Å². The van der Waals surface area contributed by atoms with Crippen LogP contribution in [0.4, 0.5) is 11.4 Å².